The molecule has 2 N–H and O–H groups in total. The second-order valence-electron chi connectivity index (χ2n) is 6.34. The van der Waals surface area contributed by atoms with Crippen molar-refractivity contribution in [1.29, 1.82) is 0 Å². The third-order valence-electron chi connectivity index (χ3n) is 4.45. The van der Waals surface area contributed by atoms with Crippen LogP contribution >= 0.6 is 12.4 Å². The predicted molar refractivity (Wildman–Crippen MR) is 94.8 cm³/mol. The largest absolute Gasteiger partial charge is 0.435 e. The van der Waals surface area contributed by atoms with Crippen LogP contribution in [0.25, 0.3) is 0 Å². The minimum Gasteiger partial charge on any atom is -0.317 e. The van der Waals surface area contributed by atoms with Crippen molar-refractivity contribution in [2.75, 3.05) is 13.1 Å². The van der Waals surface area contributed by atoms with Crippen molar-refractivity contribution in [3.8, 4) is 0 Å². The lowest BCUT2D eigenvalue weighted by atomic mass is 10.1. The van der Waals surface area contributed by atoms with Crippen molar-refractivity contribution < 1.29 is 13.2 Å². The monoisotopic (exact) mass is 389 g/mol. The van der Waals surface area contributed by atoms with Crippen LogP contribution in [0.3, 0.4) is 0 Å². The maximum atomic E-state index is 12.8. The quantitative estimate of drug-likeness (QED) is 0.823. The highest BCUT2D eigenvalue weighted by atomic mass is 35.5. The molecule has 3 rings (SSSR count). The Morgan fingerprint density at radius 3 is 2.69 bits per heavy atom. The third kappa shape index (κ3) is 5.69. The zero-order valence-corrected chi connectivity index (χ0v) is 15.1. The Kier molecular flexibility index (Phi) is 7.43. The predicted octanol–water partition coefficient (Wildman–Crippen LogP) is 3.39. The average molecular weight is 390 g/mol. The molecule has 0 aliphatic carbocycles. The number of hydrogen-bond acceptors (Lipinski definition) is 4. The molecule has 0 saturated carbocycles. The number of pyridine rings is 1. The van der Waals surface area contributed by atoms with E-state index in [1.165, 1.54) is 0 Å². The summed E-state index contributed by atoms with van der Waals surface area (Å²) in [5, 5.41) is 9.31. The summed E-state index contributed by atoms with van der Waals surface area (Å²) in [5.74, 6) is 0. The van der Waals surface area contributed by atoms with Gasteiger partial charge in [0.2, 0.25) is 0 Å². The van der Waals surface area contributed by atoms with E-state index >= 15 is 0 Å². The van der Waals surface area contributed by atoms with Crippen molar-refractivity contribution in [3.05, 3.63) is 47.5 Å². The molecule has 2 aromatic rings. The lowest BCUT2D eigenvalue weighted by Crippen LogP contribution is -2.35. The van der Waals surface area contributed by atoms with E-state index in [0.717, 1.165) is 44.1 Å². The van der Waals surface area contributed by atoms with E-state index in [9.17, 15) is 13.2 Å². The van der Waals surface area contributed by atoms with E-state index < -0.39 is 11.9 Å². The third-order valence-corrected chi connectivity index (χ3v) is 4.45. The van der Waals surface area contributed by atoms with Crippen LogP contribution in [0.5, 0.6) is 0 Å². The van der Waals surface area contributed by atoms with Gasteiger partial charge in [-0.2, -0.15) is 18.3 Å². The first-order chi connectivity index (χ1) is 12.0. The molecule has 144 valence electrons. The van der Waals surface area contributed by atoms with Crippen LogP contribution < -0.4 is 5.32 Å². The van der Waals surface area contributed by atoms with Gasteiger partial charge in [0.1, 0.15) is 0 Å². The fourth-order valence-electron chi connectivity index (χ4n) is 3.19. The molecule has 0 amide bonds. The molecule has 0 radical (unpaired) electrons. The van der Waals surface area contributed by atoms with Gasteiger partial charge in [-0.15, -0.1) is 12.4 Å². The molecule has 3 heterocycles. The molecule has 5 nitrogen and oxygen atoms in total. The highest BCUT2D eigenvalue weighted by molar-refractivity contribution is 5.85. The number of nitrogens with one attached hydrogen (secondary N) is 2. The van der Waals surface area contributed by atoms with Crippen LogP contribution in [0.15, 0.2) is 30.5 Å². The van der Waals surface area contributed by atoms with Gasteiger partial charge in [-0.3, -0.25) is 15.0 Å². The normalized spacial score (nSPS) is 18.4. The Morgan fingerprint density at radius 2 is 2.00 bits per heavy atom. The SMILES string of the molecule is Cl.FC(F)(F)c1cc(CN(Cc2ccccn2)C2CCCNCC2)[nH]n1. The summed E-state index contributed by atoms with van der Waals surface area (Å²) in [6.45, 7) is 2.90. The number of hydrogen-bond donors (Lipinski definition) is 2. The zero-order valence-electron chi connectivity index (χ0n) is 14.3. The maximum Gasteiger partial charge on any atom is 0.435 e. The van der Waals surface area contributed by atoms with Crippen LogP contribution in [0.1, 0.15) is 36.3 Å². The first-order valence-corrected chi connectivity index (χ1v) is 8.48. The number of aromatic amines is 1. The van der Waals surface area contributed by atoms with E-state index in [1.807, 2.05) is 18.2 Å². The molecule has 1 unspecified atom stereocenters. The Labute approximate surface area is 156 Å². The van der Waals surface area contributed by atoms with Gasteiger partial charge in [0, 0.05) is 31.0 Å². The van der Waals surface area contributed by atoms with Crippen molar-refractivity contribution in [2.24, 2.45) is 0 Å². The summed E-state index contributed by atoms with van der Waals surface area (Å²) < 4.78 is 38.3. The summed E-state index contributed by atoms with van der Waals surface area (Å²) in [6, 6.07) is 7.12. The van der Waals surface area contributed by atoms with Crippen molar-refractivity contribution in [1.82, 2.24) is 25.4 Å². The van der Waals surface area contributed by atoms with Gasteiger partial charge >= 0.3 is 6.18 Å². The maximum absolute atomic E-state index is 12.8. The van der Waals surface area contributed by atoms with Crippen LogP contribution in [0, 0.1) is 0 Å². The van der Waals surface area contributed by atoms with Crippen LogP contribution in [-0.2, 0) is 19.3 Å². The number of alkyl halides is 3. The van der Waals surface area contributed by atoms with Crippen molar-refractivity contribution in [2.45, 2.75) is 44.6 Å². The zero-order chi connectivity index (χ0) is 17.7. The highest BCUT2D eigenvalue weighted by Gasteiger charge is 2.34. The van der Waals surface area contributed by atoms with Gasteiger partial charge in [-0.25, -0.2) is 0 Å². The summed E-state index contributed by atoms with van der Waals surface area (Å²) in [6.07, 6.45) is 0.348. The molecule has 1 aliphatic rings. The Morgan fingerprint density at radius 1 is 1.15 bits per heavy atom. The molecule has 26 heavy (non-hydrogen) atoms. The second-order valence-corrected chi connectivity index (χ2v) is 6.34. The molecule has 0 spiro atoms. The average Bonchev–Trinajstić information content (AvgIpc) is 2.89. The fraction of sp³-hybridized carbons (Fsp3) is 0.529. The van der Waals surface area contributed by atoms with Crippen molar-refractivity contribution >= 4 is 12.4 Å². The topological polar surface area (TPSA) is 56.8 Å². The fourth-order valence-corrected chi connectivity index (χ4v) is 3.19. The molecule has 1 saturated heterocycles. The van der Waals surface area contributed by atoms with Gasteiger partial charge in [0.05, 0.1) is 5.69 Å². The number of rotatable bonds is 5. The minimum absolute atomic E-state index is 0. The molecule has 0 aromatic carbocycles. The molecule has 2 aromatic heterocycles. The van der Waals surface area contributed by atoms with E-state index in [0.29, 0.717) is 24.8 Å². The highest BCUT2D eigenvalue weighted by Crippen LogP contribution is 2.28. The van der Waals surface area contributed by atoms with Crippen LogP contribution in [0.4, 0.5) is 13.2 Å². The lowest BCUT2D eigenvalue weighted by Gasteiger charge is -2.30. The first kappa shape index (κ1) is 20.7. The summed E-state index contributed by atoms with van der Waals surface area (Å²) in [5.41, 5.74) is 0.513. The summed E-state index contributed by atoms with van der Waals surface area (Å²) in [4.78, 5) is 6.56. The summed E-state index contributed by atoms with van der Waals surface area (Å²) >= 11 is 0. The molecular formula is C17H23ClF3N5. The van der Waals surface area contributed by atoms with Gasteiger partial charge < -0.3 is 5.32 Å². The standard InChI is InChI=1S/C17H22F3N5.ClH/c18-17(19,20)16-10-14(23-24-16)12-25(11-13-4-1-2-8-22-13)15-5-3-7-21-9-6-15;/h1-2,4,8,10,15,21H,3,5-7,9,11-12H2,(H,23,24);1H. The lowest BCUT2D eigenvalue weighted by molar-refractivity contribution is -0.141. The molecule has 1 atom stereocenters. The molecule has 1 aliphatic heterocycles. The van der Waals surface area contributed by atoms with Gasteiger partial charge in [0.25, 0.3) is 0 Å². The number of aromatic nitrogens is 3. The molecule has 9 heteroatoms. The molecular weight excluding hydrogens is 367 g/mol. The van der Waals surface area contributed by atoms with Gasteiger partial charge in [-0.05, 0) is 50.6 Å². The van der Waals surface area contributed by atoms with E-state index in [-0.39, 0.29) is 12.4 Å². The van der Waals surface area contributed by atoms with Crippen LogP contribution in [0.2, 0.25) is 0 Å². The van der Waals surface area contributed by atoms with E-state index in [4.69, 9.17) is 0 Å². The Hall–Kier alpha value is -1.64. The van der Waals surface area contributed by atoms with Crippen molar-refractivity contribution in [3.63, 3.8) is 0 Å². The van der Waals surface area contributed by atoms with Crippen LogP contribution in [-0.4, -0.2) is 39.2 Å². The second kappa shape index (κ2) is 9.34. The van der Waals surface area contributed by atoms with E-state index in [1.54, 1.807) is 6.20 Å². The summed E-state index contributed by atoms with van der Waals surface area (Å²) in [7, 11) is 0. The number of halogens is 4. The van der Waals surface area contributed by atoms with E-state index in [2.05, 4.69) is 25.4 Å². The minimum atomic E-state index is -4.42. The molecule has 0 bridgehead atoms. The molecule has 1 fully saturated rings. The number of H-pyrrole nitrogens is 1. The van der Waals surface area contributed by atoms with Gasteiger partial charge in [-0.1, -0.05) is 6.07 Å². The number of nitrogens with zero attached hydrogens (tertiary/aromatic N) is 3. The first-order valence-electron chi connectivity index (χ1n) is 8.48. The Balaban J connectivity index is 0.00000243. The van der Waals surface area contributed by atoms with Gasteiger partial charge in [0.15, 0.2) is 5.69 Å². The smallest absolute Gasteiger partial charge is 0.317 e. The Bertz CT molecular complexity index is 654.